The molecule has 0 unspecified atom stereocenters. The Bertz CT molecular complexity index is 654. The topological polar surface area (TPSA) is 85.1 Å². The van der Waals surface area contributed by atoms with E-state index in [1.54, 1.807) is 0 Å². The zero-order valence-corrected chi connectivity index (χ0v) is 10.8. The van der Waals surface area contributed by atoms with Crippen LogP contribution in [-0.4, -0.2) is 16.7 Å². The maximum Gasteiger partial charge on any atom is 0.259 e. The summed E-state index contributed by atoms with van der Waals surface area (Å²) in [6.07, 6.45) is 0. The molecule has 1 heterocycles. The second-order valence-electron chi connectivity index (χ2n) is 3.75. The number of hydrogen-bond acceptors (Lipinski definition) is 5. The normalized spacial score (nSPS) is 10.2. The second kappa shape index (κ2) is 5.15. The van der Waals surface area contributed by atoms with Crippen LogP contribution < -0.4 is 11.1 Å². The zero-order chi connectivity index (χ0) is 14.0. The van der Waals surface area contributed by atoms with Crippen molar-refractivity contribution in [2.45, 2.75) is 6.92 Å². The number of ketones is 1. The quantitative estimate of drug-likeness (QED) is 0.667. The van der Waals surface area contributed by atoms with Gasteiger partial charge in [-0.1, -0.05) is 6.07 Å². The molecule has 7 heteroatoms. The van der Waals surface area contributed by atoms with Gasteiger partial charge < -0.3 is 5.73 Å². The predicted molar refractivity (Wildman–Crippen MR) is 70.9 cm³/mol. The standard InChI is InChI=1S/C12H10FN3O2S/c1-6(17)9-5-19-12(15-9)16-11(18)7-3-2-4-8(13)10(7)14/h2-5H,14H2,1H3,(H,15,16,18). The molecule has 5 nitrogen and oxygen atoms in total. The molecule has 1 aromatic carbocycles. The third-order valence-electron chi connectivity index (χ3n) is 2.38. The Hall–Kier alpha value is -2.28. The lowest BCUT2D eigenvalue weighted by Crippen LogP contribution is -2.14. The summed E-state index contributed by atoms with van der Waals surface area (Å²) in [5, 5.41) is 4.27. The third kappa shape index (κ3) is 2.76. The van der Waals surface area contributed by atoms with E-state index in [4.69, 9.17) is 5.73 Å². The number of nitrogens with zero attached hydrogens (tertiary/aromatic N) is 1. The smallest absolute Gasteiger partial charge is 0.259 e. The van der Waals surface area contributed by atoms with Crippen molar-refractivity contribution in [2.24, 2.45) is 0 Å². The summed E-state index contributed by atoms with van der Waals surface area (Å²) in [6.45, 7) is 1.38. The van der Waals surface area contributed by atoms with Crippen LogP contribution in [0, 0.1) is 5.82 Å². The number of nitrogens with one attached hydrogen (secondary N) is 1. The lowest BCUT2D eigenvalue weighted by molar-refractivity contribution is 0.100. The third-order valence-corrected chi connectivity index (χ3v) is 3.14. The van der Waals surface area contributed by atoms with Crippen molar-refractivity contribution < 1.29 is 14.0 Å². The maximum atomic E-state index is 13.2. The first-order valence-electron chi connectivity index (χ1n) is 5.31. The summed E-state index contributed by atoms with van der Waals surface area (Å²) in [6, 6.07) is 3.97. The highest BCUT2D eigenvalue weighted by molar-refractivity contribution is 7.14. The van der Waals surface area contributed by atoms with Crippen molar-refractivity contribution in [3.63, 3.8) is 0 Å². The first kappa shape index (κ1) is 13.2. The van der Waals surface area contributed by atoms with Crippen molar-refractivity contribution in [3.8, 4) is 0 Å². The van der Waals surface area contributed by atoms with E-state index >= 15 is 0 Å². The number of aromatic nitrogens is 1. The molecule has 2 aromatic rings. The summed E-state index contributed by atoms with van der Waals surface area (Å²) in [5.74, 6) is -1.42. The van der Waals surface area contributed by atoms with Gasteiger partial charge in [0.05, 0.1) is 11.3 Å². The van der Waals surface area contributed by atoms with Gasteiger partial charge in [0.15, 0.2) is 10.9 Å². The number of nitrogen functional groups attached to an aromatic ring is 1. The van der Waals surface area contributed by atoms with Crippen molar-refractivity contribution in [2.75, 3.05) is 11.1 Å². The summed E-state index contributed by atoms with van der Waals surface area (Å²) in [4.78, 5) is 26.9. The molecule has 1 amide bonds. The minimum Gasteiger partial charge on any atom is -0.396 e. The number of amides is 1. The Kier molecular flexibility index (Phi) is 3.57. The first-order chi connectivity index (χ1) is 8.99. The van der Waals surface area contributed by atoms with E-state index in [-0.39, 0.29) is 27.9 Å². The Balaban J connectivity index is 2.21. The van der Waals surface area contributed by atoms with Crippen LogP contribution in [0.2, 0.25) is 0 Å². The van der Waals surface area contributed by atoms with E-state index in [1.165, 1.54) is 30.5 Å². The van der Waals surface area contributed by atoms with E-state index in [2.05, 4.69) is 10.3 Å². The predicted octanol–water partition coefficient (Wildman–Crippen LogP) is 2.32. The van der Waals surface area contributed by atoms with Gasteiger partial charge in [0.25, 0.3) is 5.91 Å². The zero-order valence-electron chi connectivity index (χ0n) is 9.94. The number of anilines is 2. The van der Waals surface area contributed by atoms with Crippen LogP contribution in [0.4, 0.5) is 15.2 Å². The Labute approximate surface area is 112 Å². The Morgan fingerprint density at radius 1 is 1.42 bits per heavy atom. The van der Waals surface area contributed by atoms with Gasteiger partial charge in [-0.05, 0) is 12.1 Å². The minimum atomic E-state index is -0.656. The molecule has 0 saturated carbocycles. The van der Waals surface area contributed by atoms with Gasteiger partial charge in [-0.3, -0.25) is 14.9 Å². The number of Topliss-reactive ketones (excluding diaryl/α,β-unsaturated/α-hetero) is 1. The van der Waals surface area contributed by atoms with Gasteiger partial charge in [0.2, 0.25) is 0 Å². The van der Waals surface area contributed by atoms with E-state index in [9.17, 15) is 14.0 Å². The number of thiazole rings is 1. The number of para-hydroxylation sites is 1. The van der Waals surface area contributed by atoms with Crippen LogP contribution >= 0.6 is 11.3 Å². The van der Waals surface area contributed by atoms with E-state index < -0.39 is 11.7 Å². The van der Waals surface area contributed by atoms with Crippen molar-refractivity contribution >= 4 is 33.8 Å². The highest BCUT2D eigenvalue weighted by atomic mass is 32.1. The summed E-state index contributed by atoms with van der Waals surface area (Å²) in [7, 11) is 0. The molecule has 0 aliphatic carbocycles. The Morgan fingerprint density at radius 3 is 2.79 bits per heavy atom. The Morgan fingerprint density at radius 2 is 2.16 bits per heavy atom. The molecule has 0 atom stereocenters. The van der Waals surface area contributed by atoms with Crippen LogP contribution in [-0.2, 0) is 0 Å². The molecule has 0 aliphatic heterocycles. The van der Waals surface area contributed by atoms with Crippen LogP contribution in [0.3, 0.4) is 0 Å². The van der Waals surface area contributed by atoms with Crippen LogP contribution in [0.25, 0.3) is 0 Å². The molecule has 2 rings (SSSR count). The minimum absolute atomic E-state index is 0.0274. The molecule has 0 radical (unpaired) electrons. The number of nitrogens with two attached hydrogens (primary N) is 1. The summed E-state index contributed by atoms with van der Waals surface area (Å²) >= 11 is 1.11. The van der Waals surface area contributed by atoms with Gasteiger partial charge >= 0.3 is 0 Å². The molecule has 19 heavy (non-hydrogen) atoms. The average Bonchev–Trinajstić information content (AvgIpc) is 2.81. The average molecular weight is 279 g/mol. The van der Waals surface area contributed by atoms with Crippen LogP contribution in [0.5, 0.6) is 0 Å². The fraction of sp³-hybridized carbons (Fsp3) is 0.0833. The molecule has 98 valence electrons. The molecule has 0 saturated heterocycles. The van der Waals surface area contributed by atoms with Gasteiger partial charge in [0.1, 0.15) is 11.5 Å². The lowest BCUT2D eigenvalue weighted by atomic mass is 10.1. The molecule has 3 N–H and O–H groups in total. The lowest BCUT2D eigenvalue weighted by Gasteiger charge is -2.05. The van der Waals surface area contributed by atoms with Crippen LogP contribution in [0.1, 0.15) is 27.8 Å². The van der Waals surface area contributed by atoms with Crippen molar-refractivity contribution in [1.29, 1.82) is 0 Å². The fourth-order valence-electron chi connectivity index (χ4n) is 1.39. The van der Waals surface area contributed by atoms with Crippen LogP contribution in [0.15, 0.2) is 23.6 Å². The number of hydrogen-bond donors (Lipinski definition) is 2. The second-order valence-corrected chi connectivity index (χ2v) is 4.61. The number of rotatable bonds is 3. The summed E-state index contributed by atoms with van der Waals surface area (Å²) < 4.78 is 13.2. The monoisotopic (exact) mass is 279 g/mol. The fourth-order valence-corrected chi connectivity index (χ4v) is 2.14. The molecule has 0 aliphatic rings. The largest absolute Gasteiger partial charge is 0.396 e. The van der Waals surface area contributed by atoms with Gasteiger partial charge in [-0.15, -0.1) is 11.3 Å². The molecule has 0 spiro atoms. The summed E-state index contributed by atoms with van der Waals surface area (Å²) in [5.41, 5.74) is 5.56. The van der Waals surface area contributed by atoms with E-state index in [0.717, 1.165) is 11.3 Å². The number of carbonyl (C=O) groups excluding carboxylic acids is 2. The first-order valence-corrected chi connectivity index (χ1v) is 6.19. The number of halogens is 1. The SMILES string of the molecule is CC(=O)c1csc(NC(=O)c2cccc(F)c2N)n1. The molecular weight excluding hydrogens is 269 g/mol. The highest BCUT2D eigenvalue weighted by Crippen LogP contribution is 2.20. The number of carbonyl (C=O) groups is 2. The van der Waals surface area contributed by atoms with Crippen molar-refractivity contribution in [1.82, 2.24) is 4.98 Å². The van der Waals surface area contributed by atoms with E-state index in [1.807, 2.05) is 0 Å². The molecule has 0 fully saturated rings. The van der Waals surface area contributed by atoms with Gasteiger partial charge in [0, 0.05) is 12.3 Å². The highest BCUT2D eigenvalue weighted by Gasteiger charge is 2.14. The number of benzene rings is 1. The van der Waals surface area contributed by atoms with Gasteiger partial charge in [-0.25, -0.2) is 9.37 Å². The maximum absolute atomic E-state index is 13.2. The molecule has 1 aromatic heterocycles. The van der Waals surface area contributed by atoms with Crippen molar-refractivity contribution in [3.05, 3.63) is 40.7 Å². The molecule has 0 bridgehead atoms. The van der Waals surface area contributed by atoms with Gasteiger partial charge in [-0.2, -0.15) is 0 Å². The van der Waals surface area contributed by atoms with E-state index in [0.29, 0.717) is 0 Å². The molecular formula is C12H10FN3O2S.